The Morgan fingerprint density at radius 3 is 2.31 bits per heavy atom. The lowest BCUT2D eigenvalue weighted by molar-refractivity contribution is -0.114. The second-order valence-corrected chi connectivity index (χ2v) is 7.43. The van der Waals surface area contributed by atoms with Gasteiger partial charge in [-0.05, 0) is 36.8 Å². The molecule has 0 aliphatic heterocycles. The highest BCUT2D eigenvalue weighted by atomic mass is 32.2. The van der Waals surface area contributed by atoms with Crippen LogP contribution in [0.5, 0.6) is 0 Å². The number of carbonyl (C=O) groups is 1. The summed E-state index contributed by atoms with van der Waals surface area (Å²) in [5.74, 6) is -0.192. The molecule has 0 spiro atoms. The van der Waals surface area contributed by atoms with E-state index in [0.29, 0.717) is 11.3 Å². The largest absolute Gasteiger partial charge is 0.337 e. The van der Waals surface area contributed by atoms with Crippen molar-refractivity contribution in [2.75, 3.05) is 10.0 Å². The molecule has 1 aromatic heterocycles. The van der Waals surface area contributed by atoms with Crippen molar-refractivity contribution >= 4 is 27.5 Å². The van der Waals surface area contributed by atoms with Gasteiger partial charge in [-0.2, -0.15) is 0 Å². The third kappa shape index (κ3) is 3.92. The quantitative estimate of drug-likeness (QED) is 0.716. The van der Waals surface area contributed by atoms with Crippen LogP contribution >= 0.6 is 0 Å². The summed E-state index contributed by atoms with van der Waals surface area (Å²) >= 11 is 0. The molecule has 7 nitrogen and oxygen atoms in total. The molecule has 0 aliphatic rings. The van der Waals surface area contributed by atoms with Crippen LogP contribution < -0.4 is 10.0 Å². The zero-order valence-electron chi connectivity index (χ0n) is 14.2. The Kier molecular flexibility index (Phi) is 4.77. The molecule has 3 aromatic rings. The third-order valence-electron chi connectivity index (χ3n) is 3.65. The van der Waals surface area contributed by atoms with E-state index >= 15 is 0 Å². The zero-order valence-corrected chi connectivity index (χ0v) is 15.0. The van der Waals surface area contributed by atoms with Gasteiger partial charge in [-0.3, -0.25) is 4.79 Å². The maximum Gasteiger partial charge on any atom is 0.264 e. The number of aryl methyl sites for hydroxylation is 1. The number of hydrogen-bond donors (Lipinski definition) is 2. The smallest absolute Gasteiger partial charge is 0.264 e. The second-order valence-electron chi connectivity index (χ2n) is 5.75. The lowest BCUT2D eigenvalue weighted by Crippen LogP contribution is -2.13. The SMILES string of the molecule is CC(=O)Nc1ccc(S(=O)(=O)Nc2oncc2-c2ccc(C)cc2)cc1. The van der Waals surface area contributed by atoms with Gasteiger partial charge in [-0.1, -0.05) is 35.0 Å². The Balaban J connectivity index is 1.85. The number of hydrogen-bond acceptors (Lipinski definition) is 5. The molecule has 134 valence electrons. The van der Waals surface area contributed by atoms with Crippen LogP contribution in [0.25, 0.3) is 11.1 Å². The van der Waals surface area contributed by atoms with E-state index in [4.69, 9.17) is 4.52 Å². The van der Waals surface area contributed by atoms with Crippen LogP contribution in [0.1, 0.15) is 12.5 Å². The van der Waals surface area contributed by atoms with Crippen molar-refractivity contribution in [3.05, 3.63) is 60.3 Å². The minimum absolute atomic E-state index is 0.0397. The van der Waals surface area contributed by atoms with Gasteiger partial charge in [-0.15, -0.1) is 0 Å². The maximum absolute atomic E-state index is 12.6. The van der Waals surface area contributed by atoms with Crippen LogP contribution in [0.4, 0.5) is 11.6 Å². The van der Waals surface area contributed by atoms with E-state index in [1.807, 2.05) is 31.2 Å². The Morgan fingerprint density at radius 1 is 1.04 bits per heavy atom. The highest BCUT2D eigenvalue weighted by molar-refractivity contribution is 7.92. The van der Waals surface area contributed by atoms with Crippen LogP contribution in [0, 0.1) is 6.92 Å². The minimum atomic E-state index is -3.86. The Labute approximate surface area is 151 Å². The second kappa shape index (κ2) is 7.01. The molecule has 0 saturated heterocycles. The number of amides is 1. The van der Waals surface area contributed by atoms with Crippen LogP contribution in [0.15, 0.2) is 64.1 Å². The number of nitrogens with zero attached hydrogens (tertiary/aromatic N) is 1. The minimum Gasteiger partial charge on any atom is -0.337 e. The van der Waals surface area contributed by atoms with Crippen molar-refractivity contribution < 1.29 is 17.7 Å². The number of anilines is 2. The summed E-state index contributed by atoms with van der Waals surface area (Å²) in [7, 11) is -3.86. The van der Waals surface area contributed by atoms with Gasteiger partial charge in [0, 0.05) is 12.6 Å². The number of nitrogens with one attached hydrogen (secondary N) is 2. The molecular weight excluding hydrogens is 354 g/mol. The van der Waals surface area contributed by atoms with Gasteiger partial charge in [0.15, 0.2) is 0 Å². The summed E-state index contributed by atoms with van der Waals surface area (Å²) in [5.41, 5.74) is 2.93. The van der Waals surface area contributed by atoms with Crippen LogP contribution in [0.3, 0.4) is 0 Å². The predicted octanol–water partition coefficient (Wildman–Crippen LogP) is 3.41. The number of sulfonamides is 1. The van der Waals surface area contributed by atoms with Crippen molar-refractivity contribution in [2.45, 2.75) is 18.7 Å². The Hall–Kier alpha value is -3.13. The van der Waals surface area contributed by atoms with Crippen molar-refractivity contribution in [2.24, 2.45) is 0 Å². The molecule has 1 amide bonds. The van der Waals surface area contributed by atoms with Crippen LogP contribution in [0.2, 0.25) is 0 Å². The standard InChI is InChI=1S/C18H17N3O4S/c1-12-3-5-14(6-4-12)17-11-19-25-18(17)21-26(23,24)16-9-7-15(8-10-16)20-13(2)22/h3-11,21H,1-2H3,(H,20,22). The van der Waals surface area contributed by atoms with Crippen molar-refractivity contribution in [3.8, 4) is 11.1 Å². The zero-order chi connectivity index (χ0) is 18.7. The highest BCUT2D eigenvalue weighted by Crippen LogP contribution is 2.30. The summed E-state index contributed by atoms with van der Waals surface area (Å²) in [5, 5.41) is 6.28. The van der Waals surface area contributed by atoms with Crippen molar-refractivity contribution in [1.29, 1.82) is 0 Å². The van der Waals surface area contributed by atoms with Crippen molar-refractivity contribution in [1.82, 2.24) is 5.16 Å². The summed E-state index contributed by atoms with van der Waals surface area (Å²) in [6, 6.07) is 13.4. The van der Waals surface area contributed by atoms with Gasteiger partial charge in [-0.25, -0.2) is 13.1 Å². The molecule has 0 atom stereocenters. The van der Waals surface area contributed by atoms with E-state index in [0.717, 1.165) is 11.1 Å². The summed E-state index contributed by atoms with van der Waals surface area (Å²) in [4.78, 5) is 11.1. The van der Waals surface area contributed by atoms with Gasteiger partial charge >= 0.3 is 0 Å². The Bertz CT molecular complexity index is 1020. The Morgan fingerprint density at radius 2 is 1.69 bits per heavy atom. The van der Waals surface area contributed by atoms with E-state index in [2.05, 4.69) is 15.2 Å². The maximum atomic E-state index is 12.6. The van der Waals surface area contributed by atoms with E-state index in [1.54, 1.807) is 0 Å². The first kappa shape index (κ1) is 17.7. The molecule has 1 heterocycles. The molecule has 0 fully saturated rings. The molecule has 0 saturated carbocycles. The molecule has 8 heteroatoms. The first-order valence-corrected chi connectivity index (χ1v) is 9.26. The number of carbonyl (C=O) groups excluding carboxylic acids is 1. The third-order valence-corrected chi connectivity index (χ3v) is 4.99. The molecular formula is C18H17N3O4S. The van der Waals surface area contributed by atoms with Gasteiger partial charge in [0.05, 0.1) is 16.7 Å². The van der Waals surface area contributed by atoms with Crippen molar-refractivity contribution in [3.63, 3.8) is 0 Å². The fraction of sp³-hybridized carbons (Fsp3) is 0.111. The van der Waals surface area contributed by atoms with Crippen LogP contribution in [-0.4, -0.2) is 19.5 Å². The molecule has 0 unspecified atom stereocenters. The van der Waals surface area contributed by atoms with Gasteiger partial charge in [0.1, 0.15) is 0 Å². The first-order valence-electron chi connectivity index (χ1n) is 7.77. The predicted molar refractivity (Wildman–Crippen MR) is 98.2 cm³/mol. The van der Waals surface area contributed by atoms with Gasteiger partial charge in [0.25, 0.3) is 10.0 Å². The van der Waals surface area contributed by atoms with E-state index in [-0.39, 0.29) is 16.7 Å². The van der Waals surface area contributed by atoms with E-state index in [9.17, 15) is 13.2 Å². The van der Waals surface area contributed by atoms with Crippen LogP contribution in [-0.2, 0) is 14.8 Å². The fourth-order valence-corrected chi connectivity index (χ4v) is 3.36. The normalized spacial score (nSPS) is 11.2. The highest BCUT2D eigenvalue weighted by Gasteiger charge is 2.20. The van der Waals surface area contributed by atoms with E-state index in [1.165, 1.54) is 37.4 Å². The fourth-order valence-electron chi connectivity index (χ4n) is 2.35. The lowest BCUT2D eigenvalue weighted by Gasteiger charge is -2.08. The van der Waals surface area contributed by atoms with Gasteiger partial charge in [0.2, 0.25) is 11.8 Å². The summed E-state index contributed by atoms with van der Waals surface area (Å²) < 4.78 is 32.7. The number of benzene rings is 2. The topological polar surface area (TPSA) is 101 Å². The average molecular weight is 371 g/mol. The molecule has 3 rings (SSSR count). The molecule has 26 heavy (non-hydrogen) atoms. The lowest BCUT2D eigenvalue weighted by atomic mass is 10.1. The summed E-state index contributed by atoms with van der Waals surface area (Å²) in [6.45, 7) is 3.34. The summed E-state index contributed by atoms with van der Waals surface area (Å²) in [6.07, 6.45) is 1.46. The van der Waals surface area contributed by atoms with Gasteiger partial charge < -0.3 is 9.84 Å². The molecule has 0 bridgehead atoms. The molecule has 2 N–H and O–H groups in total. The molecule has 0 aliphatic carbocycles. The molecule has 2 aromatic carbocycles. The monoisotopic (exact) mass is 371 g/mol. The number of rotatable bonds is 5. The first-order chi connectivity index (χ1) is 12.3. The van der Waals surface area contributed by atoms with E-state index < -0.39 is 10.0 Å². The number of aromatic nitrogens is 1. The molecule has 0 radical (unpaired) electrons. The average Bonchev–Trinajstić information content (AvgIpc) is 3.03.